The molecule has 0 bridgehead atoms. The van der Waals surface area contributed by atoms with Gasteiger partial charge in [-0.2, -0.15) is 0 Å². The highest BCUT2D eigenvalue weighted by Crippen LogP contribution is 2.22. The number of pyridine rings is 1. The molecule has 0 spiro atoms. The monoisotopic (exact) mass is 315 g/mol. The van der Waals surface area contributed by atoms with E-state index in [-0.39, 0.29) is 5.91 Å². The summed E-state index contributed by atoms with van der Waals surface area (Å²) in [5.41, 5.74) is 2.55. The van der Waals surface area contributed by atoms with E-state index in [0.29, 0.717) is 16.6 Å². The normalized spacial score (nSPS) is 17.7. The van der Waals surface area contributed by atoms with Crippen molar-refractivity contribution < 1.29 is 4.79 Å². The summed E-state index contributed by atoms with van der Waals surface area (Å²) in [7, 11) is 1.93. The summed E-state index contributed by atoms with van der Waals surface area (Å²) < 4.78 is 0. The zero-order chi connectivity index (χ0) is 15.5. The largest absolute Gasteiger partial charge is 0.337 e. The molecule has 1 aliphatic heterocycles. The molecule has 1 aliphatic rings. The van der Waals surface area contributed by atoms with Crippen molar-refractivity contribution in [2.45, 2.75) is 12.5 Å². The number of likely N-dealkylation sites (N-methyl/N-ethyl adjacent to an activating group) is 1. The molecule has 5 heteroatoms. The molecule has 1 unspecified atom stereocenters. The number of hydrogen-bond acceptors (Lipinski definition) is 3. The van der Waals surface area contributed by atoms with Gasteiger partial charge in [-0.15, -0.1) is 0 Å². The molecule has 0 saturated carbocycles. The molecular weight excluding hydrogens is 298 g/mol. The Hall–Kier alpha value is -1.91. The van der Waals surface area contributed by atoms with Crippen LogP contribution in [0.25, 0.3) is 11.1 Å². The Labute approximate surface area is 135 Å². The number of carbonyl (C=O) groups is 1. The summed E-state index contributed by atoms with van der Waals surface area (Å²) >= 11 is 5.91. The number of amides is 1. The summed E-state index contributed by atoms with van der Waals surface area (Å²) in [5, 5.41) is 3.91. The van der Waals surface area contributed by atoms with Crippen molar-refractivity contribution in [2.24, 2.45) is 0 Å². The van der Waals surface area contributed by atoms with Crippen molar-refractivity contribution in [3.63, 3.8) is 0 Å². The van der Waals surface area contributed by atoms with Crippen molar-refractivity contribution >= 4 is 17.5 Å². The van der Waals surface area contributed by atoms with Crippen molar-refractivity contribution in [1.29, 1.82) is 0 Å². The van der Waals surface area contributed by atoms with Gasteiger partial charge in [-0.25, -0.2) is 0 Å². The average Bonchev–Trinajstić information content (AvgIpc) is 3.04. The summed E-state index contributed by atoms with van der Waals surface area (Å²) in [4.78, 5) is 18.7. The third-order valence-corrected chi connectivity index (χ3v) is 4.30. The molecule has 1 fully saturated rings. The minimum absolute atomic E-state index is 0.0427. The van der Waals surface area contributed by atoms with Crippen LogP contribution in [-0.2, 0) is 0 Å². The first-order valence-corrected chi connectivity index (χ1v) is 7.72. The van der Waals surface area contributed by atoms with Crippen LogP contribution in [-0.4, -0.2) is 42.0 Å². The Balaban J connectivity index is 1.82. The molecule has 0 aliphatic carbocycles. The number of likely N-dealkylation sites (tertiary alicyclic amines) is 1. The van der Waals surface area contributed by atoms with Crippen LogP contribution in [0.1, 0.15) is 16.8 Å². The summed E-state index contributed by atoms with van der Waals surface area (Å²) in [6.07, 6.45) is 4.39. The fourth-order valence-electron chi connectivity index (χ4n) is 2.72. The van der Waals surface area contributed by atoms with Gasteiger partial charge in [0.2, 0.25) is 0 Å². The molecular formula is C17H18ClN3O. The number of nitrogens with one attached hydrogen (secondary N) is 1. The summed E-state index contributed by atoms with van der Waals surface area (Å²) in [6, 6.07) is 9.82. The van der Waals surface area contributed by atoms with Gasteiger partial charge in [0.1, 0.15) is 0 Å². The first kappa shape index (κ1) is 15.0. The van der Waals surface area contributed by atoms with Crippen LogP contribution in [0.3, 0.4) is 0 Å². The molecule has 1 amide bonds. The van der Waals surface area contributed by atoms with E-state index in [2.05, 4.69) is 10.3 Å². The highest BCUT2D eigenvalue weighted by Gasteiger charge is 2.26. The van der Waals surface area contributed by atoms with Gasteiger partial charge in [-0.1, -0.05) is 23.7 Å². The minimum atomic E-state index is 0.0427. The van der Waals surface area contributed by atoms with E-state index in [1.807, 2.05) is 42.3 Å². The lowest BCUT2D eigenvalue weighted by molar-refractivity contribution is 0.0789. The lowest BCUT2D eigenvalue weighted by atomic mass is 10.1. The van der Waals surface area contributed by atoms with Crippen LogP contribution < -0.4 is 5.32 Å². The van der Waals surface area contributed by atoms with Crippen molar-refractivity contribution in [3.8, 4) is 11.1 Å². The van der Waals surface area contributed by atoms with E-state index in [0.717, 1.165) is 30.6 Å². The van der Waals surface area contributed by atoms with Crippen LogP contribution in [0.5, 0.6) is 0 Å². The van der Waals surface area contributed by atoms with Crippen LogP contribution in [0.2, 0.25) is 5.02 Å². The highest BCUT2D eigenvalue weighted by molar-refractivity contribution is 6.30. The van der Waals surface area contributed by atoms with Crippen LogP contribution in [0.4, 0.5) is 0 Å². The zero-order valence-corrected chi connectivity index (χ0v) is 13.2. The van der Waals surface area contributed by atoms with Crippen LogP contribution in [0.15, 0.2) is 42.7 Å². The van der Waals surface area contributed by atoms with Gasteiger partial charge >= 0.3 is 0 Å². The maximum atomic E-state index is 12.6. The van der Waals surface area contributed by atoms with E-state index in [4.69, 9.17) is 11.6 Å². The predicted octanol–water partition coefficient (Wildman–Crippen LogP) is 2.84. The lowest BCUT2D eigenvalue weighted by Gasteiger charge is -2.16. The molecule has 22 heavy (non-hydrogen) atoms. The minimum Gasteiger partial charge on any atom is -0.337 e. The first-order valence-electron chi connectivity index (χ1n) is 7.35. The Morgan fingerprint density at radius 3 is 2.73 bits per heavy atom. The van der Waals surface area contributed by atoms with Crippen molar-refractivity contribution in [2.75, 3.05) is 20.1 Å². The molecule has 2 heterocycles. The van der Waals surface area contributed by atoms with E-state index < -0.39 is 0 Å². The van der Waals surface area contributed by atoms with Gasteiger partial charge in [-0.05, 0) is 37.2 Å². The molecule has 1 aromatic heterocycles. The number of halogens is 1. The Kier molecular flexibility index (Phi) is 4.41. The number of nitrogens with zero attached hydrogens (tertiary/aromatic N) is 2. The lowest BCUT2D eigenvalue weighted by Crippen LogP contribution is -2.33. The number of benzene rings is 1. The van der Waals surface area contributed by atoms with Crippen molar-refractivity contribution in [3.05, 3.63) is 53.3 Å². The molecule has 3 rings (SSSR count). The number of aromatic nitrogens is 1. The predicted molar refractivity (Wildman–Crippen MR) is 88.1 cm³/mol. The maximum absolute atomic E-state index is 12.6. The zero-order valence-electron chi connectivity index (χ0n) is 12.4. The Bertz CT molecular complexity index is 672. The van der Waals surface area contributed by atoms with E-state index in [9.17, 15) is 4.79 Å². The van der Waals surface area contributed by atoms with Crippen LogP contribution in [0, 0.1) is 0 Å². The maximum Gasteiger partial charge on any atom is 0.255 e. The Morgan fingerprint density at radius 1 is 1.27 bits per heavy atom. The molecule has 114 valence electrons. The van der Waals surface area contributed by atoms with E-state index >= 15 is 0 Å². The number of carbonyl (C=O) groups excluding carboxylic acids is 1. The van der Waals surface area contributed by atoms with Gasteiger partial charge in [0, 0.05) is 42.1 Å². The fraction of sp³-hybridized carbons (Fsp3) is 0.294. The second kappa shape index (κ2) is 6.46. The smallest absolute Gasteiger partial charge is 0.255 e. The second-order valence-corrected chi connectivity index (χ2v) is 5.93. The fourth-order valence-corrected chi connectivity index (χ4v) is 2.85. The first-order chi connectivity index (χ1) is 10.7. The van der Waals surface area contributed by atoms with Gasteiger partial charge in [-0.3, -0.25) is 9.78 Å². The molecule has 1 aromatic carbocycles. The highest BCUT2D eigenvalue weighted by atomic mass is 35.5. The van der Waals surface area contributed by atoms with E-state index in [1.165, 1.54) is 0 Å². The third-order valence-electron chi connectivity index (χ3n) is 4.05. The SMILES string of the molecule is CNC1CCN(C(=O)c2cncc(-c3ccc(Cl)cc3)c2)C1. The van der Waals surface area contributed by atoms with Gasteiger partial charge < -0.3 is 10.2 Å². The quantitative estimate of drug-likeness (QED) is 0.947. The van der Waals surface area contributed by atoms with Gasteiger partial charge in [0.05, 0.1) is 5.56 Å². The number of hydrogen-bond donors (Lipinski definition) is 1. The average molecular weight is 316 g/mol. The molecule has 4 nitrogen and oxygen atoms in total. The molecule has 0 radical (unpaired) electrons. The summed E-state index contributed by atoms with van der Waals surface area (Å²) in [5.74, 6) is 0.0427. The summed E-state index contributed by atoms with van der Waals surface area (Å²) in [6.45, 7) is 1.54. The van der Waals surface area contributed by atoms with Crippen LogP contribution >= 0.6 is 11.6 Å². The second-order valence-electron chi connectivity index (χ2n) is 5.49. The molecule has 1 saturated heterocycles. The van der Waals surface area contributed by atoms with E-state index in [1.54, 1.807) is 12.4 Å². The van der Waals surface area contributed by atoms with Gasteiger partial charge in [0.15, 0.2) is 0 Å². The Morgan fingerprint density at radius 2 is 2.05 bits per heavy atom. The topological polar surface area (TPSA) is 45.2 Å². The molecule has 2 aromatic rings. The molecule has 1 N–H and O–H groups in total. The third kappa shape index (κ3) is 3.13. The van der Waals surface area contributed by atoms with Crippen molar-refractivity contribution in [1.82, 2.24) is 15.2 Å². The standard InChI is InChI=1S/C17H18ClN3O/c1-19-16-6-7-21(11-16)17(22)14-8-13(9-20-10-14)12-2-4-15(18)5-3-12/h2-5,8-10,16,19H,6-7,11H2,1H3. The van der Waals surface area contributed by atoms with Gasteiger partial charge in [0.25, 0.3) is 5.91 Å². The molecule has 1 atom stereocenters. The number of rotatable bonds is 3.